The standard InChI is InChI=1S/C17H13ClN2OS/c1-11(21)19-17-20-15(12-5-3-2-4-6-12)16(22-17)13-7-9-14(18)10-8-13/h2-10H,1H3,(H,19,20,21). The SMILES string of the molecule is CC(=O)Nc1nc(-c2ccccc2)c(-c2ccc(Cl)cc2)s1. The number of halogens is 1. The molecule has 3 aromatic rings. The van der Waals surface area contributed by atoms with Crippen LogP contribution in [0.5, 0.6) is 0 Å². The quantitative estimate of drug-likeness (QED) is 0.727. The number of hydrogen-bond acceptors (Lipinski definition) is 3. The zero-order valence-electron chi connectivity index (χ0n) is 11.8. The first-order valence-electron chi connectivity index (χ1n) is 6.73. The fraction of sp³-hybridized carbons (Fsp3) is 0.0588. The van der Waals surface area contributed by atoms with Crippen molar-refractivity contribution in [1.29, 1.82) is 0 Å². The van der Waals surface area contributed by atoms with Gasteiger partial charge in [-0.2, -0.15) is 0 Å². The Morgan fingerprint density at radius 2 is 1.73 bits per heavy atom. The predicted molar refractivity (Wildman–Crippen MR) is 92.3 cm³/mol. The molecule has 0 unspecified atom stereocenters. The second kappa shape index (κ2) is 6.30. The van der Waals surface area contributed by atoms with Crippen LogP contribution in [0.1, 0.15) is 6.92 Å². The van der Waals surface area contributed by atoms with Gasteiger partial charge in [-0.15, -0.1) is 0 Å². The number of benzene rings is 2. The molecule has 3 nitrogen and oxygen atoms in total. The number of carbonyl (C=O) groups is 1. The summed E-state index contributed by atoms with van der Waals surface area (Å²) in [7, 11) is 0. The average molecular weight is 329 g/mol. The summed E-state index contributed by atoms with van der Waals surface area (Å²) in [5, 5.41) is 4.04. The van der Waals surface area contributed by atoms with Crippen LogP contribution in [0.2, 0.25) is 5.02 Å². The zero-order chi connectivity index (χ0) is 15.5. The van der Waals surface area contributed by atoms with Crippen LogP contribution in [0.15, 0.2) is 54.6 Å². The zero-order valence-corrected chi connectivity index (χ0v) is 13.4. The molecule has 0 radical (unpaired) electrons. The van der Waals surface area contributed by atoms with E-state index in [0.29, 0.717) is 10.2 Å². The minimum absolute atomic E-state index is 0.129. The van der Waals surface area contributed by atoms with Crippen molar-refractivity contribution >= 4 is 34.0 Å². The molecule has 1 heterocycles. The highest BCUT2D eigenvalue weighted by molar-refractivity contribution is 7.19. The van der Waals surface area contributed by atoms with Crippen molar-refractivity contribution in [3.8, 4) is 21.7 Å². The highest BCUT2D eigenvalue weighted by Gasteiger charge is 2.15. The van der Waals surface area contributed by atoms with Crippen LogP contribution >= 0.6 is 22.9 Å². The smallest absolute Gasteiger partial charge is 0.223 e. The average Bonchev–Trinajstić information content (AvgIpc) is 2.92. The van der Waals surface area contributed by atoms with Gasteiger partial charge in [0.15, 0.2) is 5.13 Å². The minimum atomic E-state index is -0.129. The minimum Gasteiger partial charge on any atom is -0.302 e. The first kappa shape index (κ1) is 14.8. The summed E-state index contributed by atoms with van der Waals surface area (Å²) in [6.45, 7) is 1.48. The first-order chi connectivity index (χ1) is 10.6. The van der Waals surface area contributed by atoms with Crippen molar-refractivity contribution in [3.05, 3.63) is 59.6 Å². The lowest BCUT2D eigenvalue weighted by Crippen LogP contribution is -2.04. The maximum Gasteiger partial charge on any atom is 0.223 e. The topological polar surface area (TPSA) is 42.0 Å². The fourth-order valence-corrected chi connectivity index (χ4v) is 3.28. The molecular formula is C17H13ClN2OS. The van der Waals surface area contributed by atoms with Crippen LogP contribution in [0.3, 0.4) is 0 Å². The van der Waals surface area contributed by atoms with Gasteiger partial charge in [0.1, 0.15) is 0 Å². The molecule has 22 heavy (non-hydrogen) atoms. The molecule has 2 aromatic carbocycles. The van der Waals surface area contributed by atoms with Gasteiger partial charge >= 0.3 is 0 Å². The van der Waals surface area contributed by atoms with E-state index < -0.39 is 0 Å². The molecule has 0 aliphatic heterocycles. The molecule has 0 fully saturated rings. The fourth-order valence-electron chi connectivity index (χ4n) is 2.11. The summed E-state index contributed by atoms with van der Waals surface area (Å²) in [4.78, 5) is 16.9. The molecule has 0 aliphatic carbocycles. The van der Waals surface area contributed by atoms with Crippen LogP contribution in [-0.2, 0) is 4.79 Å². The molecule has 0 bridgehead atoms. The Bertz CT molecular complexity index is 797. The molecule has 3 rings (SSSR count). The monoisotopic (exact) mass is 328 g/mol. The molecule has 1 N–H and O–H groups in total. The summed E-state index contributed by atoms with van der Waals surface area (Å²) in [6.07, 6.45) is 0. The molecule has 0 aliphatic rings. The third-order valence-electron chi connectivity index (χ3n) is 3.06. The molecule has 0 spiro atoms. The van der Waals surface area contributed by atoms with E-state index in [1.54, 1.807) is 0 Å². The van der Waals surface area contributed by atoms with E-state index in [9.17, 15) is 4.79 Å². The van der Waals surface area contributed by atoms with Gasteiger partial charge in [0, 0.05) is 17.5 Å². The number of thiazole rings is 1. The summed E-state index contributed by atoms with van der Waals surface area (Å²) in [6, 6.07) is 17.5. The highest BCUT2D eigenvalue weighted by atomic mass is 35.5. The summed E-state index contributed by atoms with van der Waals surface area (Å²) >= 11 is 7.42. The normalized spacial score (nSPS) is 10.5. The van der Waals surface area contributed by atoms with E-state index in [-0.39, 0.29) is 5.91 Å². The number of nitrogens with one attached hydrogen (secondary N) is 1. The summed E-state index contributed by atoms with van der Waals surface area (Å²) in [5.74, 6) is -0.129. The van der Waals surface area contributed by atoms with Gasteiger partial charge in [0.25, 0.3) is 0 Å². The van der Waals surface area contributed by atoms with E-state index in [0.717, 1.165) is 21.7 Å². The molecule has 1 amide bonds. The second-order valence-electron chi connectivity index (χ2n) is 4.75. The number of carbonyl (C=O) groups excluding carboxylic acids is 1. The maximum absolute atomic E-state index is 11.3. The lowest BCUT2D eigenvalue weighted by atomic mass is 10.1. The van der Waals surface area contributed by atoms with Crippen LogP contribution in [0.4, 0.5) is 5.13 Å². The highest BCUT2D eigenvalue weighted by Crippen LogP contribution is 2.39. The molecule has 0 saturated heterocycles. The number of hydrogen-bond donors (Lipinski definition) is 1. The van der Waals surface area contributed by atoms with E-state index in [1.165, 1.54) is 18.3 Å². The van der Waals surface area contributed by atoms with Gasteiger partial charge < -0.3 is 5.32 Å². The van der Waals surface area contributed by atoms with Gasteiger partial charge in [-0.3, -0.25) is 4.79 Å². The van der Waals surface area contributed by atoms with Gasteiger partial charge in [-0.05, 0) is 17.7 Å². The van der Waals surface area contributed by atoms with Crippen molar-refractivity contribution in [2.24, 2.45) is 0 Å². The van der Waals surface area contributed by atoms with Crippen molar-refractivity contribution in [1.82, 2.24) is 4.98 Å². The van der Waals surface area contributed by atoms with Crippen LogP contribution < -0.4 is 5.32 Å². The van der Waals surface area contributed by atoms with Gasteiger partial charge in [-0.25, -0.2) is 4.98 Å². The largest absolute Gasteiger partial charge is 0.302 e. The number of nitrogens with zero attached hydrogens (tertiary/aromatic N) is 1. The Hall–Kier alpha value is -2.17. The molecule has 5 heteroatoms. The number of aromatic nitrogens is 1. The Morgan fingerprint density at radius 3 is 2.36 bits per heavy atom. The first-order valence-corrected chi connectivity index (χ1v) is 7.93. The Balaban J connectivity index is 2.12. The van der Waals surface area contributed by atoms with Gasteiger partial charge in [0.05, 0.1) is 10.6 Å². The van der Waals surface area contributed by atoms with Crippen molar-refractivity contribution < 1.29 is 4.79 Å². The summed E-state index contributed by atoms with van der Waals surface area (Å²) < 4.78 is 0. The van der Waals surface area contributed by atoms with Crippen LogP contribution in [0, 0.1) is 0 Å². The van der Waals surface area contributed by atoms with Crippen LogP contribution in [0.25, 0.3) is 21.7 Å². The van der Waals surface area contributed by atoms with Gasteiger partial charge in [0.2, 0.25) is 5.91 Å². The molecule has 1 aromatic heterocycles. The lowest BCUT2D eigenvalue weighted by Gasteiger charge is -2.02. The Labute approximate surface area is 137 Å². The Kier molecular flexibility index (Phi) is 4.22. The lowest BCUT2D eigenvalue weighted by molar-refractivity contribution is -0.114. The third kappa shape index (κ3) is 3.18. The molecular weight excluding hydrogens is 316 g/mol. The van der Waals surface area contributed by atoms with E-state index in [2.05, 4.69) is 10.3 Å². The van der Waals surface area contributed by atoms with E-state index in [4.69, 9.17) is 11.6 Å². The van der Waals surface area contributed by atoms with E-state index >= 15 is 0 Å². The molecule has 0 atom stereocenters. The van der Waals surface area contributed by atoms with E-state index in [1.807, 2.05) is 54.6 Å². The number of rotatable bonds is 3. The second-order valence-corrected chi connectivity index (χ2v) is 6.19. The molecule has 0 saturated carbocycles. The van der Waals surface area contributed by atoms with Crippen molar-refractivity contribution in [2.75, 3.05) is 5.32 Å². The van der Waals surface area contributed by atoms with Gasteiger partial charge in [-0.1, -0.05) is 65.4 Å². The third-order valence-corrected chi connectivity index (χ3v) is 4.34. The van der Waals surface area contributed by atoms with Crippen molar-refractivity contribution in [2.45, 2.75) is 6.92 Å². The number of amides is 1. The predicted octanol–water partition coefficient (Wildman–Crippen LogP) is 5.09. The molecule has 110 valence electrons. The maximum atomic E-state index is 11.3. The van der Waals surface area contributed by atoms with Crippen molar-refractivity contribution in [3.63, 3.8) is 0 Å². The number of anilines is 1. The summed E-state index contributed by atoms with van der Waals surface area (Å²) in [5.41, 5.74) is 2.90. The Morgan fingerprint density at radius 1 is 1.05 bits per heavy atom. The van der Waals surface area contributed by atoms with Crippen LogP contribution in [-0.4, -0.2) is 10.9 Å².